The van der Waals surface area contributed by atoms with Crippen LogP contribution >= 0.6 is 0 Å². The van der Waals surface area contributed by atoms with Gasteiger partial charge in [-0.15, -0.1) is 0 Å². The number of aliphatic imine (C=N–C) groups is 1. The second-order valence-electron chi connectivity index (χ2n) is 8.51. The monoisotopic (exact) mass is 450 g/mol. The SMILES string of the molecule is COC(=O)[C@H](Cc1ccc(Nc2ncccc2[N+](=O)[O-])cc1)N=C1CC(=O)C12CCCCC2. The molecule has 0 radical (unpaired) electrons. The number of pyridine rings is 1. The first kappa shape index (κ1) is 22.6. The summed E-state index contributed by atoms with van der Waals surface area (Å²) in [5, 5.41) is 14.1. The zero-order chi connectivity index (χ0) is 23.4. The molecule has 0 saturated heterocycles. The van der Waals surface area contributed by atoms with Crippen LogP contribution in [0.1, 0.15) is 44.1 Å². The Morgan fingerprint density at radius 2 is 1.97 bits per heavy atom. The number of carbonyl (C=O) groups excluding carboxylic acids is 2. The molecule has 1 heterocycles. The number of Topliss-reactive ketones (excluding diaryl/α,β-unsaturated/α-hetero) is 1. The minimum atomic E-state index is -0.715. The lowest BCUT2D eigenvalue weighted by Gasteiger charge is -2.44. The molecule has 2 aliphatic rings. The maximum atomic E-state index is 12.5. The minimum absolute atomic E-state index is 0.116. The summed E-state index contributed by atoms with van der Waals surface area (Å²) >= 11 is 0. The Bertz CT molecular complexity index is 1090. The first-order valence-corrected chi connectivity index (χ1v) is 11.1. The van der Waals surface area contributed by atoms with Gasteiger partial charge in [0.2, 0.25) is 5.82 Å². The van der Waals surface area contributed by atoms with Crippen LogP contribution in [0.25, 0.3) is 0 Å². The molecule has 2 aromatic rings. The van der Waals surface area contributed by atoms with E-state index in [1.165, 1.54) is 25.4 Å². The standard InChI is InChI=1S/C24H26N4O5/c1-33-23(30)18(27-20-15-21(29)24(20)11-3-2-4-12-24)14-16-7-9-17(10-8-16)26-22-19(28(31)32)6-5-13-25-22/h5-10,13,18H,2-4,11-12,14-15H2,1H3,(H,25,26)/t18-/m0/s1. The first-order valence-electron chi connectivity index (χ1n) is 11.1. The molecule has 4 rings (SSSR count). The summed E-state index contributed by atoms with van der Waals surface area (Å²) in [4.78, 5) is 44.3. The number of hydrogen-bond donors (Lipinski definition) is 1. The van der Waals surface area contributed by atoms with E-state index in [4.69, 9.17) is 9.73 Å². The molecule has 2 fully saturated rings. The van der Waals surface area contributed by atoms with E-state index in [1.54, 1.807) is 12.1 Å². The number of nitro groups is 1. The predicted octanol–water partition coefficient (Wildman–Crippen LogP) is 4.18. The van der Waals surface area contributed by atoms with Gasteiger partial charge in [0.1, 0.15) is 5.78 Å². The Kier molecular flexibility index (Phi) is 6.48. The predicted molar refractivity (Wildman–Crippen MR) is 123 cm³/mol. The second kappa shape index (κ2) is 9.48. The Balaban J connectivity index is 1.50. The molecule has 33 heavy (non-hydrogen) atoms. The second-order valence-corrected chi connectivity index (χ2v) is 8.51. The van der Waals surface area contributed by atoms with Crippen LogP contribution in [0.5, 0.6) is 0 Å². The number of nitrogens with one attached hydrogen (secondary N) is 1. The lowest BCUT2D eigenvalue weighted by atomic mass is 9.58. The van der Waals surface area contributed by atoms with Crippen LogP contribution < -0.4 is 5.32 Å². The number of nitrogens with zero attached hydrogens (tertiary/aromatic N) is 3. The minimum Gasteiger partial charge on any atom is -0.467 e. The number of aromatic nitrogens is 1. The maximum absolute atomic E-state index is 12.5. The zero-order valence-corrected chi connectivity index (χ0v) is 18.5. The zero-order valence-electron chi connectivity index (χ0n) is 18.5. The molecule has 0 amide bonds. The third-order valence-electron chi connectivity index (χ3n) is 6.54. The van der Waals surface area contributed by atoms with Gasteiger partial charge in [-0.2, -0.15) is 0 Å². The lowest BCUT2D eigenvalue weighted by Crippen LogP contribution is -2.52. The fraction of sp³-hybridized carbons (Fsp3) is 0.417. The summed E-state index contributed by atoms with van der Waals surface area (Å²) in [6.07, 6.45) is 6.92. The highest BCUT2D eigenvalue weighted by Gasteiger charge is 2.52. The third-order valence-corrected chi connectivity index (χ3v) is 6.54. The fourth-order valence-corrected chi connectivity index (χ4v) is 4.67. The highest BCUT2D eigenvalue weighted by atomic mass is 16.6. The molecule has 172 valence electrons. The molecule has 1 aromatic heterocycles. The number of ether oxygens (including phenoxy) is 1. The summed E-state index contributed by atoms with van der Waals surface area (Å²) in [6, 6.07) is 9.37. The molecular formula is C24H26N4O5. The number of anilines is 2. The van der Waals surface area contributed by atoms with Crippen molar-refractivity contribution < 1.29 is 19.2 Å². The third kappa shape index (κ3) is 4.62. The van der Waals surface area contributed by atoms with Crippen molar-refractivity contribution in [3.63, 3.8) is 0 Å². The molecule has 0 unspecified atom stereocenters. The Morgan fingerprint density at radius 1 is 1.24 bits per heavy atom. The number of rotatable bonds is 7. The van der Waals surface area contributed by atoms with Crippen molar-refractivity contribution in [1.82, 2.24) is 4.98 Å². The topological polar surface area (TPSA) is 124 Å². The molecule has 1 N–H and O–H groups in total. The Morgan fingerprint density at radius 3 is 2.61 bits per heavy atom. The molecular weight excluding hydrogens is 424 g/mol. The molecule has 2 aliphatic carbocycles. The summed E-state index contributed by atoms with van der Waals surface area (Å²) in [5.41, 5.74) is 1.75. The van der Waals surface area contributed by atoms with E-state index < -0.39 is 22.3 Å². The van der Waals surface area contributed by atoms with Gasteiger partial charge in [-0.1, -0.05) is 31.4 Å². The first-order chi connectivity index (χ1) is 15.9. The van der Waals surface area contributed by atoms with Gasteiger partial charge in [-0.3, -0.25) is 19.9 Å². The van der Waals surface area contributed by atoms with Crippen molar-refractivity contribution in [3.8, 4) is 0 Å². The van der Waals surface area contributed by atoms with E-state index in [0.29, 0.717) is 18.5 Å². The van der Waals surface area contributed by atoms with Crippen LogP contribution in [0, 0.1) is 15.5 Å². The van der Waals surface area contributed by atoms with E-state index in [1.807, 2.05) is 12.1 Å². The van der Waals surface area contributed by atoms with Crippen molar-refractivity contribution in [2.45, 2.75) is 51.0 Å². The lowest BCUT2D eigenvalue weighted by molar-refractivity contribution is -0.384. The van der Waals surface area contributed by atoms with E-state index in [2.05, 4.69) is 10.3 Å². The number of hydrogen-bond acceptors (Lipinski definition) is 8. The van der Waals surface area contributed by atoms with Crippen molar-refractivity contribution in [2.75, 3.05) is 12.4 Å². The highest BCUT2D eigenvalue weighted by Crippen LogP contribution is 2.47. The average molecular weight is 450 g/mol. The van der Waals surface area contributed by atoms with Crippen LogP contribution in [0.4, 0.5) is 17.2 Å². The van der Waals surface area contributed by atoms with Crippen LogP contribution in [0.2, 0.25) is 0 Å². The fourth-order valence-electron chi connectivity index (χ4n) is 4.67. The number of ketones is 1. The summed E-state index contributed by atoms with van der Waals surface area (Å²) < 4.78 is 4.98. The van der Waals surface area contributed by atoms with Crippen molar-refractivity contribution in [3.05, 3.63) is 58.3 Å². The van der Waals surface area contributed by atoms with Crippen molar-refractivity contribution in [1.29, 1.82) is 0 Å². The number of methoxy groups -OCH3 is 1. The van der Waals surface area contributed by atoms with Gasteiger partial charge in [0.25, 0.3) is 0 Å². The quantitative estimate of drug-likeness (QED) is 0.381. The maximum Gasteiger partial charge on any atom is 0.330 e. The van der Waals surface area contributed by atoms with Gasteiger partial charge in [0.05, 0.1) is 17.4 Å². The molecule has 1 atom stereocenters. The molecule has 9 heteroatoms. The van der Waals surface area contributed by atoms with E-state index in [-0.39, 0.29) is 17.3 Å². The summed E-state index contributed by atoms with van der Waals surface area (Å²) in [6.45, 7) is 0. The van der Waals surface area contributed by atoms with E-state index in [9.17, 15) is 19.7 Å². The van der Waals surface area contributed by atoms with Crippen molar-refractivity contribution >= 4 is 34.7 Å². The molecule has 0 bridgehead atoms. The van der Waals surface area contributed by atoms with Gasteiger partial charge < -0.3 is 10.1 Å². The van der Waals surface area contributed by atoms with Crippen LogP contribution in [0.15, 0.2) is 47.6 Å². The molecule has 2 saturated carbocycles. The number of carbonyl (C=O) groups is 2. The largest absolute Gasteiger partial charge is 0.467 e. The average Bonchev–Trinajstić information content (AvgIpc) is 2.84. The van der Waals surface area contributed by atoms with Crippen LogP contribution in [-0.4, -0.2) is 40.5 Å². The molecule has 1 spiro atoms. The normalized spacial score (nSPS) is 19.1. The van der Waals surface area contributed by atoms with Crippen LogP contribution in [0.3, 0.4) is 0 Å². The van der Waals surface area contributed by atoms with E-state index in [0.717, 1.165) is 43.4 Å². The van der Waals surface area contributed by atoms with Crippen molar-refractivity contribution in [2.24, 2.45) is 10.4 Å². The highest BCUT2D eigenvalue weighted by molar-refractivity contribution is 6.27. The number of benzene rings is 1. The summed E-state index contributed by atoms with van der Waals surface area (Å²) in [7, 11) is 1.34. The smallest absolute Gasteiger partial charge is 0.330 e. The van der Waals surface area contributed by atoms with Crippen LogP contribution in [-0.2, 0) is 20.7 Å². The van der Waals surface area contributed by atoms with Gasteiger partial charge in [0.15, 0.2) is 6.04 Å². The molecule has 9 nitrogen and oxygen atoms in total. The molecule has 1 aromatic carbocycles. The van der Waals surface area contributed by atoms with Gasteiger partial charge in [-0.05, 0) is 36.6 Å². The summed E-state index contributed by atoms with van der Waals surface area (Å²) in [5.74, 6) is -0.0377. The van der Waals surface area contributed by atoms with Gasteiger partial charge in [0, 0.05) is 36.5 Å². The van der Waals surface area contributed by atoms with Gasteiger partial charge >= 0.3 is 11.7 Å². The van der Waals surface area contributed by atoms with Gasteiger partial charge in [-0.25, -0.2) is 9.78 Å². The number of esters is 1. The molecule has 0 aliphatic heterocycles. The van der Waals surface area contributed by atoms with E-state index >= 15 is 0 Å². The Hall–Kier alpha value is -3.62. The Labute approximate surface area is 191 Å².